The summed E-state index contributed by atoms with van der Waals surface area (Å²) in [4.78, 5) is 31.3. The summed E-state index contributed by atoms with van der Waals surface area (Å²) in [5.41, 5.74) is 2.64. The second kappa shape index (κ2) is 8.19. The average Bonchev–Trinajstić information content (AvgIpc) is 3.54. The number of aromatic amines is 1. The second-order valence-electron chi connectivity index (χ2n) is 9.19. The van der Waals surface area contributed by atoms with Crippen molar-refractivity contribution in [2.75, 3.05) is 19.0 Å². The van der Waals surface area contributed by atoms with Gasteiger partial charge in [0.05, 0.1) is 18.9 Å². The summed E-state index contributed by atoms with van der Waals surface area (Å²) < 4.78 is 33.8. The summed E-state index contributed by atoms with van der Waals surface area (Å²) >= 11 is 0. The van der Waals surface area contributed by atoms with Gasteiger partial charge in [0.15, 0.2) is 0 Å². The normalized spacial score (nSPS) is 20.2. The molecule has 2 aliphatic rings. The van der Waals surface area contributed by atoms with E-state index in [1.165, 1.54) is 13.2 Å². The molecular formula is C28H23F2N3O3. The summed E-state index contributed by atoms with van der Waals surface area (Å²) in [6.07, 6.45) is -0.445. The monoisotopic (exact) mass is 487 g/mol. The van der Waals surface area contributed by atoms with Gasteiger partial charge in [-0.25, -0.2) is 13.6 Å². The van der Waals surface area contributed by atoms with Crippen LogP contribution in [0.25, 0.3) is 10.9 Å². The zero-order chi connectivity index (χ0) is 25.0. The fourth-order valence-electron chi connectivity index (χ4n) is 5.94. The van der Waals surface area contributed by atoms with Crippen molar-refractivity contribution in [3.8, 4) is 0 Å². The zero-order valence-corrected chi connectivity index (χ0v) is 19.5. The predicted molar refractivity (Wildman–Crippen MR) is 131 cm³/mol. The molecule has 1 fully saturated rings. The van der Waals surface area contributed by atoms with Gasteiger partial charge in [0.25, 0.3) is 0 Å². The number of anilines is 1. The Bertz CT molecular complexity index is 1510. The number of hydrogen-bond acceptors (Lipinski definition) is 4. The van der Waals surface area contributed by atoms with Crippen LogP contribution >= 0.6 is 0 Å². The smallest absolute Gasteiger partial charge is 0.354 e. The number of benzene rings is 3. The number of fused-ring (bicyclic) bond motifs is 4. The maximum Gasteiger partial charge on any atom is 0.354 e. The third-order valence-corrected chi connectivity index (χ3v) is 7.48. The van der Waals surface area contributed by atoms with E-state index >= 15 is 0 Å². The van der Waals surface area contributed by atoms with Gasteiger partial charge >= 0.3 is 5.97 Å². The van der Waals surface area contributed by atoms with Crippen molar-refractivity contribution < 1.29 is 23.1 Å². The molecule has 2 N–H and O–H groups in total. The van der Waals surface area contributed by atoms with Crippen molar-refractivity contribution in [1.29, 1.82) is 0 Å². The van der Waals surface area contributed by atoms with Crippen LogP contribution in [0.1, 0.15) is 33.6 Å². The highest BCUT2D eigenvalue weighted by atomic mass is 19.1. The van der Waals surface area contributed by atoms with Gasteiger partial charge in [-0.3, -0.25) is 4.79 Å². The minimum absolute atomic E-state index is 0.252. The van der Waals surface area contributed by atoms with E-state index in [9.17, 15) is 18.4 Å². The maximum absolute atomic E-state index is 14.4. The SMILES string of the molecule is COC(=O)c1[nH]c2ccccc2c1C12CCN(C(=O)Cc3c(F)cccc3F)C1Nc1ccccc12. The molecule has 6 nitrogen and oxygen atoms in total. The number of hydrogen-bond donors (Lipinski definition) is 2. The van der Waals surface area contributed by atoms with Gasteiger partial charge in [-0.15, -0.1) is 0 Å². The van der Waals surface area contributed by atoms with E-state index in [4.69, 9.17) is 4.74 Å². The van der Waals surface area contributed by atoms with Gasteiger partial charge in [-0.2, -0.15) is 0 Å². The number of para-hydroxylation sites is 2. The van der Waals surface area contributed by atoms with E-state index in [1.54, 1.807) is 4.90 Å². The Balaban J connectivity index is 1.51. The Morgan fingerprint density at radius 3 is 2.53 bits per heavy atom. The quantitative estimate of drug-likeness (QED) is 0.408. The Hall–Kier alpha value is -4.20. The molecule has 2 unspecified atom stereocenters. The highest BCUT2D eigenvalue weighted by Gasteiger charge is 2.58. The minimum atomic E-state index is -0.775. The summed E-state index contributed by atoms with van der Waals surface area (Å²) in [5, 5.41) is 4.33. The van der Waals surface area contributed by atoms with E-state index in [2.05, 4.69) is 10.3 Å². The molecule has 0 radical (unpaired) electrons. The van der Waals surface area contributed by atoms with Gasteiger partial charge in [0, 0.05) is 34.3 Å². The third-order valence-electron chi connectivity index (χ3n) is 7.48. The van der Waals surface area contributed by atoms with Crippen molar-refractivity contribution in [2.45, 2.75) is 24.4 Å². The molecule has 0 aliphatic carbocycles. The Labute approximate surface area is 205 Å². The number of amides is 1. The molecule has 0 bridgehead atoms. The van der Waals surface area contributed by atoms with Gasteiger partial charge in [-0.05, 0) is 36.2 Å². The predicted octanol–water partition coefficient (Wildman–Crippen LogP) is 4.75. The van der Waals surface area contributed by atoms with Crippen LogP contribution in [0, 0.1) is 11.6 Å². The summed E-state index contributed by atoms with van der Waals surface area (Å²) in [7, 11) is 1.33. The lowest BCUT2D eigenvalue weighted by Crippen LogP contribution is -2.47. The Kier molecular flexibility index (Phi) is 5.07. The molecule has 2 aliphatic heterocycles. The van der Waals surface area contributed by atoms with Gasteiger partial charge < -0.3 is 19.9 Å². The molecule has 182 valence electrons. The number of halogens is 2. The molecule has 1 aromatic heterocycles. The van der Waals surface area contributed by atoms with Crippen LogP contribution in [0.5, 0.6) is 0 Å². The fourth-order valence-corrected chi connectivity index (χ4v) is 5.94. The molecular weight excluding hydrogens is 464 g/mol. The molecule has 36 heavy (non-hydrogen) atoms. The highest BCUT2D eigenvalue weighted by Crippen LogP contribution is 2.55. The first-order chi connectivity index (χ1) is 17.5. The molecule has 3 heterocycles. The van der Waals surface area contributed by atoms with E-state index in [1.807, 2.05) is 48.5 Å². The summed E-state index contributed by atoms with van der Waals surface area (Å²) in [6, 6.07) is 19.0. The van der Waals surface area contributed by atoms with Crippen LogP contribution in [-0.4, -0.2) is 41.6 Å². The van der Waals surface area contributed by atoms with Crippen LogP contribution in [0.4, 0.5) is 14.5 Å². The minimum Gasteiger partial charge on any atom is -0.464 e. The first-order valence-corrected chi connectivity index (χ1v) is 11.7. The second-order valence-corrected chi connectivity index (χ2v) is 9.19. The van der Waals surface area contributed by atoms with Crippen molar-refractivity contribution in [1.82, 2.24) is 9.88 Å². The lowest BCUT2D eigenvalue weighted by molar-refractivity contribution is -0.131. The lowest BCUT2D eigenvalue weighted by Gasteiger charge is -2.33. The van der Waals surface area contributed by atoms with Crippen molar-refractivity contribution in [3.05, 3.63) is 101 Å². The first-order valence-electron chi connectivity index (χ1n) is 11.7. The number of methoxy groups -OCH3 is 1. The van der Waals surface area contributed by atoms with Crippen molar-refractivity contribution >= 4 is 28.5 Å². The topological polar surface area (TPSA) is 74.4 Å². The number of nitrogens with one attached hydrogen (secondary N) is 2. The van der Waals surface area contributed by atoms with Crippen LogP contribution in [0.3, 0.4) is 0 Å². The molecule has 3 aromatic carbocycles. The molecule has 6 rings (SSSR count). The van der Waals surface area contributed by atoms with Gasteiger partial charge in [0.2, 0.25) is 5.91 Å². The molecule has 0 spiro atoms. The number of rotatable bonds is 4. The largest absolute Gasteiger partial charge is 0.464 e. The van der Waals surface area contributed by atoms with Crippen molar-refractivity contribution in [2.24, 2.45) is 0 Å². The number of aromatic nitrogens is 1. The standard InChI is InChI=1S/C28H23F2N3O3/c1-36-26(35)25-24(16-7-2-4-11-21(16)31-25)28-13-14-33(27(28)32-22-12-5-3-8-18(22)28)23(34)15-17-19(29)9-6-10-20(17)30/h2-12,27,31-32H,13-15H2,1H3. The number of likely N-dealkylation sites (tertiary alicyclic amines) is 1. The van der Waals surface area contributed by atoms with E-state index in [-0.39, 0.29) is 5.56 Å². The number of esters is 1. The number of nitrogens with zero attached hydrogens (tertiary/aromatic N) is 1. The summed E-state index contributed by atoms with van der Waals surface area (Å²) in [5.74, 6) is -2.40. The zero-order valence-electron chi connectivity index (χ0n) is 19.5. The van der Waals surface area contributed by atoms with Crippen LogP contribution in [0.2, 0.25) is 0 Å². The van der Waals surface area contributed by atoms with Crippen LogP contribution in [-0.2, 0) is 21.4 Å². The molecule has 1 saturated heterocycles. The number of H-pyrrole nitrogens is 1. The third kappa shape index (κ3) is 3.07. The van der Waals surface area contributed by atoms with Crippen molar-refractivity contribution in [3.63, 3.8) is 0 Å². The first kappa shape index (κ1) is 22.3. The average molecular weight is 488 g/mol. The molecule has 8 heteroatoms. The maximum atomic E-state index is 14.4. The number of ether oxygens (including phenoxy) is 1. The Morgan fingerprint density at radius 1 is 1.03 bits per heavy atom. The lowest BCUT2D eigenvalue weighted by atomic mass is 9.72. The molecule has 2 atom stereocenters. The van der Waals surface area contributed by atoms with E-state index in [0.717, 1.165) is 39.8 Å². The van der Waals surface area contributed by atoms with E-state index < -0.39 is 41.5 Å². The highest BCUT2D eigenvalue weighted by molar-refractivity contribution is 6.00. The number of carbonyl (C=O) groups is 2. The van der Waals surface area contributed by atoms with Crippen LogP contribution < -0.4 is 5.32 Å². The molecule has 0 saturated carbocycles. The van der Waals surface area contributed by atoms with E-state index in [0.29, 0.717) is 18.7 Å². The number of carbonyl (C=O) groups excluding carboxylic acids is 2. The Morgan fingerprint density at radius 2 is 1.75 bits per heavy atom. The van der Waals surface area contributed by atoms with Gasteiger partial charge in [0.1, 0.15) is 23.5 Å². The van der Waals surface area contributed by atoms with Gasteiger partial charge in [-0.1, -0.05) is 42.5 Å². The molecule has 4 aromatic rings. The molecule has 1 amide bonds. The fraction of sp³-hybridized carbons (Fsp3) is 0.214. The van der Waals surface area contributed by atoms with Crippen LogP contribution in [0.15, 0.2) is 66.7 Å². The summed E-state index contributed by atoms with van der Waals surface area (Å²) in [6.45, 7) is 0.348.